The summed E-state index contributed by atoms with van der Waals surface area (Å²) in [6.45, 7) is -0.625. The van der Waals surface area contributed by atoms with Gasteiger partial charge in [0.2, 0.25) is 0 Å². The number of amides is 1. The molecule has 0 aliphatic carbocycles. The fourth-order valence-corrected chi connectivity index (χ4v) is 1.44. The topological polar surface area (TPSA) is 57.6 Å². The van der Waals surface area contributed by atoms with Crippen LogP contribution in [-0.2, 0) is 9.59 Å². The minimum absolute atomic E-state index is 0.0703. The number of rotatable bonds is 6. The third-order valence-electron chi connectivity index (χ3n) is 2.42. The van der Waals surface area contributed by atoms with E-state index >= 15 is 0 Å². The average molecular weight is 293 g/mol. The van der Waals surface area contributed by atoms with E-state index in [0.29, 0.717) is 4.90 Å². The van der Waals surface area contributed by atoms with Gasteiger partial charge in [0.05, 0.1) is 6.42 Å². The van der Waals surface area contributed by atoms with Crippen molar-refractivity contribution in [2.24, 2.45) is 0 Å². The number of carbonyl (C=O) groups excluding carboxylic acids is 1. The predicted molar refractivity (Wildman–Crippen MR) is 62.0 cm³/mol. The normalized spacial score (nSPS) is 11.4. The highest BCUT2D eigenvalue weighted by molar-refractivity contribution is 5.99. The summed E-state index contributed by atoms with van der Waals surface area (Å²) in [5.41, 5.74) is -0.0703. The van der Waals surface area contributed by atoms with Crippen molar-refractivity contribution in [2.75, 3.05) is 11.4 Å². The maximum absolute atomic E-state index is 13.1. The van der Waals surface area contributed by atoms with Crippen molar-refractivity contribution < 1.29 is 32.3 Å². The average Bonchev–Trinajstić information content (AvgIpc) is 2.39. The van der Waals surface area contributed by atoms with Gasteiger partial charge in [-0.3, -0.25) is 9.59 Å². The van der Waals surface area contributed by atoms with Crippen molar-refractivity contribution >= 4 is 17.6 Å². The number of para-hydroxylation sites is 1. The second-order valence-electron chi connectivity index (χ2n) is 3.86. The number of benzene rings is 1. The van der Waals surface area contributed by atoms with Crippen LogP contribution in [-0.4, -0.2) is 35.9 Å². The molecule has 110 valence electrons. The zero-order chi connectivity index (χ0) is 15.3. The minimum Gasteiger partial charge on any atom is -0.481 e. The number of anilines is 1. The Morgan fingerprint density at radius 1 is 1.20 bits per heavy atom. The Bertz CT molecular complexity index is 479. The van der Waals surface area contributed by atoms with Gasteiger partial charge >= 0.3 is 24.2 Å². The van der Waals surface area contributed by atoms with E-state index in [4.69, 9.17) is 5.11 Å². The van der Waals surface area contributed by atoms with Crippen molar-refractivity contribution in [3.63, 3.8) is 0 Å². The standard InChI is InChI=1S/C12H11F4NO3/c13-10(14)12(15,16)11(20)17(7-6-9(18)19)8-4-2-1-3-5-8/h1-5,10H,6-7H2,(H,18,19). The number of alkyl halides is 4. The molecule has 0 unspecified atom stereocenters. The lowest BCUT2D eigenvalue weighted by Crippen LogP contribution is -2.48. The molecule has 1 amide bonds. The van der Waals surface area contributed by atoms with E-state index < -0.39 is 37.2 Å². The van der Waals surface area contributed by atoms with E-state index in [2.05, 4.69) is 0 Å². The summed E-state index contributed by atoms with van der Waals surface area (Å²) < 4.78 is 50.7. The number of hydrogen-bond acceptors (Lipinski definition) is 2. The van der Waals surface area contributed by atoms with Crippen LogP contribution >= 0.6 is 0 Å². The summed E-state index contributed by atoms with van der Waals surface area (Å²) in [7, 11) is 0. The van der Waals surface area contributed by atoms with Gasteiger partial charge in [-0.1, -0.05) is 18.2 Å². The summed E-state index contributed by atoms with van der Waals surface area (Å²) in [6.07, 6.45) is -4.80. The van der Waals surface area contributed by atoms with Crippen LogP contribution < -0.4 is 4.90 Å². The number of carboxylic acids is 1. The molecule has 8 heteroatoms. The van der Waals surface area contributed by atoms with Gasteiger partial charge in [0.25, 0.3) is 0 Å². The lowest BCUT2D eigenvalue weighted by atomic mass is 10.2. The monoisotopic (exact) mass is 293 g/mol. The number of hydrogen-bond donors (Lipinski definition) is 1. The Balaban J connectivity index is 3.05. The minimum atomic E-state index is -4.87. The Morgan fingerprint density at radius 3 is 2.20 bits per heavy atom. The Morgan fingerprint density at radius 2 is 1.75 bits per heavy atom. The van der Waals surface area contributed by atoms with Gasteiger partial charge in [-0.25, -0.2) is 8.78 Å². The van der Waals surface area contributed by atoms with Crippen LogP contribution in [0.25, 0.3) is 0 Å². The highest BCUT2D eigenvalue weighted by Crippen LogP contribution is 2.28. The molecular formula is C12H11F4NO3. The molecule has 1 rings (SSSR count). The molecular weight excluding hydrogens is 282 g/mol. The first-order chi connectivity index (χ1) is 9.26. The smallest absolute Gasteiger partial charge is 0.384 e. The molecule has 0 heterocycles. The summed E-state index contributed by atoms with van der Waals surface area (Å²) in [5.74, 6) is -8.33. The maximum Gasteiger partial charge on any atom is 0.384 e. The molecule has 1 aromatic rings. The largest absolute Gasteiger partial charge is 0.481 e. The van der Waals surface area contributed by atoms with Crippen molar-refractivity contribution in [3.8, 4) is 0 Å². The van der Waals surface area contributed by atoms with Crippen molar-refractivity contribution in [3.05, 3.63) is 30.3 Å². The highest BCUT2D eigenvalue weighted by atomic mass is 19.3. The van der Waals surface area contributed by atoms with Crippen LogP contribution in [0.5, 0.6) is 0 Å². The number of carboxylic acid groups (broad SMARTS) is 1. The second kappa shape index (κ2) is 6.36. The first-order valence-corrected chi connectivity index (χ1v) is 5.51. The van der Waals surface area contributed by atoms with E-state index in [1.165, 1.54) is 30.3 Å². The molecule has 1 aromatic carbocycles. The van der Waals surface area contributed by atoms with Gasteiger partial charge in [0.1, 0.15) is 0 Å². The summed E-state index contributed by atoms with van der Waals surface area (Å²) in [4.78, 5) is 22.3. The van der Waals surface area contributed by atoms with Crippen molar-refractivity contribution in [1.29, 1.82) is 0 Å². The molecule has 0 aliphatic heterocycles. The second-order valence-corrected chi connectivity index (χ2v) is 3.86. The van der Waals surface area contributed by atoms with Crippen LogP contribution in [0.15, 0.2) is 30.3 Å². The Labute approximate surface area is 111 Å². The first-order valence-electron chi connectivity index (χ1n) is 5.51. The third-order valence-corrected chi connectivity index (χ3v) is 2.42. The molecule has 0 saturated heterocycles. The van der Waals surface area contributed by atoms with Crippen LogP contribution in [0.4, 0.5) is 23.2 Å². The number of halogens is 4. The van der Waals surface area contributed by atoms with E-state index in [-0.39, 0.29) is 5.69 Å². The molecule has 0 aromatic heterocycles. The zero-order valence-corrected chi connectivity index (χ0v) is 10.1. The molecule has 0 atom stereocenters. The quantitative estimate of drug-likeness (QED) is 0.819. The molecule has 0 radical (unpaired) electrons. The molecule has 4 nitrogen and oxygen atoms in total. The van der Waals surface area contributed by atoms with Crippen molar-refractivity contribution in [2.45, 2.75) is 18.8 Å². The van der Waals surface area contributed by atoms with Crippen LogP contribution in [0.2, 0.25) is 0 Å². The molecule has 0 saturated carbocycles. The van der Waals surface area contributed by atoms with Gasteiger partial charge in [-0.05, 0) is 12.1 Å². The summed E-state index contributed by atoms with van der Waals surface area (Å²) >= 11 is 0. The Hall–Kier alpha value is -2.12. The number of carbonyl (C=O) groups is 2. The van der Waals surface area contributed by atoms with E-state index in [9.17, 15) is 27.2 Å². The summed E-state index contributed by atoms with van der Waals surface area (Å²) in [5, 5.41) is 8.53. The highest BCUT2D eigenvalue weighted by Gasteiger charge is 2.51. The fraction of sp³-hybridized carbons (Fsp3) is 0.333. The van der Waals surface area contributed by atoms with Gasteiger partial charge in [0.15, 0.2) is 0 Å². The van der Waals surface area contributed by atoms with Crippen LogP contribution in [0.1, 0.15) is 6.42 Å². The summed E-state index contributed by atoms with van der Waals surface area (Å²) in [6, 6.07) is 6.87. The fourth-order valence-electron chi connectivity index (χ4n) is 1.44. The van der Waals surface area contributed by atoms with E-state index in [0.717, 1.165) is 0 Å². The van der Waals surface area contributed by atoms with Gasteiger partial charge in [-0.2, -0.15) is 8.78 Å². The number of aliphatic carboxylic acids is 1. The Kier molecular flexibility index (Phi) is 5.06. The lowest BCUT2D eigenvalue weighted by Gasteiger charge is -2.26. The molecule has 0 bridgehead atoms. The predicted octanol–water partition coefficient (Wildman–Crippen LogP) is 2.39. The maximum atomic E-state index is 13.1. The first kappa shape index (κ1) is 15.9. The molecule has 20 heavy (non-hydrogen) atoms. The molecule has 0 spiro atoms. The van der Waals surface area contributed by atoms with E-state index in [1.54, 1.807) is 0 Å². The van der Waals surface area contributed by atoms with Gasteiger partial charge in [0, 0.05) is 12.2 Å². The number of nitrogens with zero attached hydrogens (tertiary/aromatic N) is 1. The lowest BCUT2D eigenvalue weighted by molar-refractivity contribution is -0.166. The molecule has 1 N–H and O–H groups in total. The molecule has 0 fully saturated rings. The molecule has 0 aliphatic rings. The van der Waals surface area contributed by atoms with Crippen molar-refractivity contribution in [1.82, 2.24) is 0 Å². The zero-order valence-electron chi connectivity index (χ0n) is 10.1. The van der Waals surface area contributed by atoms with Gasteiger partial charge in [-0.15, -0.1) is 0 Å². The SMILES string of the molecule is O=C(O)CCN(C(=O)C(F)(F)C(F)F)c1ccccc1. The van der Waals surface area contributed by atoms with Crippen LogP contribution in [0.3, 0.4) is 0 Å². The van der Waals surface area contributed by atoms with Gasteiger partial charge < -0.3 is 10.0 Å². The van der Waals surface area contributed by atoms with E-state index in [1.807, 2.05) is 0 Å². The third kappa shape index (κ3) is 3.69. The van der Waals surface area contributed by atoms with Crippen LogP contribution in [0, 0.1) is 0 Å².